The standard InChI is InChI=1S/C23H22N2O2/c1-3-18-9-11-21(12-10-18)24-23(27)17(2)25-15-13-20(14-16-25)22(26)19-7-5-4-6-8-19/h4-17H,3H2,1-2H3/p+1/t17-/m0/s1. The van der Waals surface area contributed by atoms with E-state index in [9.17, 15) is 9.59 Å². The quantitative estimate of drug-likeness (QED) is 0.535. The molecule has 0 saturated carbocycles. The number of carbonyl (C=O) groups excluding carboxylic acids is 2. The Morgan fingerprint density at radius 3 is 2.07 bits per heavy atom. The number of rotatable bonds is 6. The summed E-state index contributed by atoms with van der Waals surface area (Å²) in [4.78, 5) is 25.0. The number of aromatic nitrogens is 1. The largest absolute Gasteiger partial charge is 0.320 e. The average Bonchev–Trinajstić information content (AvgIpc) is 2.74. The van der Waals surface area contributed by atoms with Gasteiger partial charge < -0.3 is 5.32 Å². The molecule has 1 aromatic heterocycles. The highest BCUT2D eigenvalue weighted by molar-refractivity contribution is 6.08. The number of carbonyl (C=O) groups is 2. The first-order valence-electron chi connectivity index (χ1n) is 9.09. The third kappa shape index (κ3) is 4.47. The van der Waals surface area contributed by atoms with Gasteiger partial charge in [0, 0.05) is 35.9 Å². The number of amides is 1. The first-order valence-corrected chi connectivity index (χ1v) is 9.09. The van der Waals surface area contributed by atoms with E-state index >= 15 is 0 Å². The molecule has 3 aromatic rings. The molecule has 0 fully saturated rings. The minimum Gasteiger partial charge on any atom is -0.320 e. The minimum absolute atomic E-state index is 0.0316. The maximum absolute atomic E-state index is 12.5. The lowest BCUT2D eigenvalue weighted by atomic mass is 10.0. The Morgan fingerprint density at radius 2 is 1.48 bits per heavy atom. The Kier molecular flexibility index (Phi) is 5.77. The summed E-state index contributed by atoms with van der Waals surface area (Å²) in [6.07, 6.45) is 4.50. The van der Waals surface area contributed by atoms with Gasteiger partial charge in [0.25, 0.3) is 5.91 Å². The molecule has 1 N–H and O–H groups in total. The van der Waals surface area contributed by atoms with Gasteiger partial charge in [-0.05, 0) is 24.1 Å². The SMILES string of the molecule is CCc1ccc(NC(=O)[C@H](C)[n+]2ccc(C(=O)c3ccccc3)cc2)cc1. The number of benzene rings is 2. The van der Waals surface area contributed by atoms with Crippen LogP contribution in [0.2, 0.25) is 0 Å². The van der Waals surface area contributed by atoms with Crippen LogP contribution in [0, 0.1) is 0 Å². The van der Waals surface area contributed by atoms with Crippen molar-refractivity contribution in [3.8, 4) is 0 Å². The third-order valence-electron chi connectivity index (χ3n) is 4.61. The van der Waals surface area contributed by atoms with Crippen molar-refractivity contribution in [1.29, 1.82) is 0 Å². The van der Waals surface area contributed by atoms with Crippen LogP contribution in [-0.4, -0.2) is 11.7 Å². The number of aryl methyl sites for hydroxylation is 1. The number of hydrogen-bond donors (Lipinski definition) is 1. The van der Waals surface area contributed by atoms with Crippen LogP contribution in [0.15, 0.2) is 79.1 Å². The Balaban J connectivity index is 1.68. The van der Waals surface area contributed by atoms with Crippen molar-refractivity contribution in [2.24, 2.45) is 0 Å². The molecule has 0 saturated heterocycles. The molecule has 136 valence electrons. The number of nitrogens with one attached hydrogen (secondary N) is 1. The molecule has 1 atom stereocenters. The molecule has 1 amide bonds. The van der Waals surface area contributed by atoms with E-state index in [2.05, 4.69) is 12.2 Å². The fourth-order valence-corrected chi connectivity index (χ4v) is 2.81. The van der Waals surface area contributed by atoms with Crippen LogP contribution in [0.5, 0.6) is 0 Å². The van der Waals surface area contributed by atoms with E-state index in [0.717, 1.165) is 12.1 Å². The van der Waals surface area contributed by atoms with E-state index in [0.29, 0.717) is 11.1 Å². The molecule has 0 unspecified atom stereocenters. The van der Waals surface area contributed by atoms with Crippen molar-refractivity contribution in [1.82, 2.24) is 0 Å². The summed E-state index contributed by atoms with van der Waals surface area (Å²) in [5, 5.41) is 2.93. The van der Waals surface area contributed by atoms with Crippen LogP contribution in [0.1, 0.15) is 41.4 Å². The highest BCUT2D eigenvalue weighted by atomic mass is 16.2. The number of ketones is 1. The van der Waals surface area contributed by atoms with E-state index in [4.69, 9.17) is 0 Å². The zero-order valence-electron chi connectivity index (χ0n) is 15.6. The van der Waals surface area contributed by atoms with Crippen molar-refractivity contribution in [2.75, 3.05) is 5.32 Å². The summed E-state index contributed by atoms with van der Waals surface area (Å²) in [6, 6.07) is 20.1. The predicted molar refractivity (Wildman–Crippen MR) is 106 cm³/mol. The van der Waals surface area contributed by atoms with Gasteiger partial charge in [0.2, 0.25) is 6.04 Å². The van der Waals surface area contributed by atoms with E-state index in [1.165, 1.54) is 5.56 Å². The summed E-state index contributed by atoms with van der Waals surface area (Å²) in [7, 11) is 0. The highest BCUT2D eigenvalue weighted by Crippen LogP contribution is 2.12. The van der Waals surface area contributed by atoms with Gasteiger partial charge in [-0.1, -0.05) is 49.4 Å². The molecule has 1 heterocycles. The van der Waals surface area contributed by atoms with Crippen LogP contribution in [0.3, 0.4) is 0 Å². The molecular weight excluding hydrogens is 336 g/mol. The summed E-state index contributed by atoms with van der Waals surface area (Å²) < 4.78 is 1.79. The lowest BCUT2D eigenvalue weighted by molar-refractivity contribution is -0.705. The van der Waals surface area contributed by atoms with Gasteiger partial charge in [-0.2, -0.15) is 4.57 Å². The van der Waals surface area contributed by atoms with Gasteiger partial charge in [-0.3, -0.25) is 9.59 Å². The second-order valence-electron chi connectivity index (χ2n) is 6.44. The minimum atomic E-state index is -0.392. The molecule has 0 bridgehead atoms. The number of nitrogens with zero attached hydrogens (tertiary/aromatic N) is 1. The Morgan fingerprint density at radius 1 is 0.889 bits per heavy atom. The van der Waals surface area contributed by atoms with Crippen LogP contribution < -0.4 is 9.88 Å². The smallest absolute Gasteiger partial charge is 0.293 e. The lowest BCUT2D eigenvalue weighted by Crippen LogP contribution is -2.44. The topological polar surface area (TPSA) is 50.1 Å². The normalized spacial score (nSPS) is 11.6. The fourth-order valence-electron chi connectivity index (χ4n) is 2.81. The molecule has 27 heavy (non-hydrogen) atoms. The number of anilines is 1. The lowest BCUT2D eigenvalue weighted by Gasteiger charge is -2.09. The average molecular weight is 359 g/mol. The van der Waals surface area contributed by atoms with E-state index < -0.39 is 6.04 Å². The van der Waals surface area contributed by atoms with Crippen LogP contribution in [0.4, 0.5) is 5.69 Å². The van der Waals surface area contributed by atoms with Crippen molar-refractivity contribution in [3.63, 3.8) is 0 Å². The number of hydrogen-bond acceptors (Lipinski definition) is 2. The summed E-state index contributed by atoms with van der Waals surface area (Å²) in [5.41, 5.74) is 3.26. The zero-order chi connectivity index (χ0) is 19.2. The van der Waals surface area contributed by atoms with Gasteiger partial charge in [0.1, 0.15) is 0 Å². The van der Waals surface area contributed by atoms with Crippen LogP contribution in [-0.2, 0) is 11.2 Å². The Hall–Kier alpha value is -3.27. The second-order valence-corrected chi connectivity index (χ2v) is 6.44. The van der Waals surface area contributed by atoms with Crippen LogP contribution in [0.25, 0.3) is 0 Å². The van der Waals surface area contributed by atoms with E-state index in [1.54, 1.807) is 41.2 Å². The molecule has 0 aliphatic heterocycles. The Labute approximate surface area is 159 Å². The van der Waals surface area contributed by atoms with Crippen molar-refractivity contribution in [3.05, 3.63) is 95.8 Å². The molecule has 3 rings (SSSR count). The van der Waals surface area contributed by atoms with Crippen molar-refractivity contribution < 1.29 is 14.2 Å². The molecule has 4 heteroatoms. The monoisotopic (exact) mass is 359 g/mol. The fraction of sp³-hybridized carbons (Fsp3) is 0.174. The number of pyridine rings is 1. The zero-order valence-corrected chi connectivity index (χ0v) is 15.6. The van der Waals surface area contributed by atoms with Gasteiger partial charge in [0.05, 0.1) is 0 Å². The Bertz CT molecular complexity index is 917. The van der Waals surface area contributed by atoms with Gasteiger partial charge in [-0.15, -0.1) is 0 Å². The second kappa shape index (κ2) is 8.41. The van der Waals surface area contributed by atoms with Gasteiger partial charge in [-0.25, -0.2) is 0 Å². The summed E-state index contributed by atoms with van der Waals surface area (Å²) >= 11 is 0. The maximum Gasteiger partial charge on any atom is 0.293 e. The first kappa shape index (κ1) is 18.5. The van der Waals surface area contributed by atoms with Gasteiger partial charge >= 0.3 is 0 Å². The van der Waals surface area contributed by atoms with Crippen molar-refractivity contribution >= 4 is 17.4 Å². The molecule has 0 radical (unpaired) electrons. The van der Waals surface area contributed by atoms with Crippen LogP contribution >= 0.6 is 0 Å². The molecule has 2 aromatic carbocycles. The van der Waals surface area contributed by atoms with E-state index in [-0.39, 0.29) is 11.7 Å². The summed E-state index contributed by atoms with van der Waals surface area (Å²) in [6.45, 7) is 3.92. The van der Waals surface area contributed by atoms with Gasteiger partial charge in [0.15, 0.2) is 18.2 Å². The molecule has 0 spiro atoms. The first-order chi connectivity index (χ1) is 13.1. The highest BCUT2D eigenvalue weighted by Gasteiger charge is 2.22. The third-order valence-corrected chi connectivity index (χ3v) is 4.61. The van der Waals surface area contributed by atoms with Crippen molar-refractivity contribution in [2.45, 2.75) is 26.3 Å². The maximum atomic E-state index is 12.5. The van der Waals surface area contributed by atoms with E-state index in [1.807, 2.05) is 49.4 Å². The molecule has 0 aliphatic carbocycles. The summed E-state index contributed by atoms with van der Waals surface area (Å²) in [5.74, 6) is -0.137. The molecular formula is C23H23N2O2+. The predicted octanol–water partition coefficient (Wildman–Crippen LogP) is 3.97. The molecule has 4 nitrogen and oxygen atoms in total. The molecule has 0 aliphatic rings.